The summed E-state index contributed by atoms with van der Waals surface area (Å²) in [7, 11) is 0. The van der Waals surface area contributed by atoms with Gasteiger partial charge in [-0.05, 0) is 123 Å². The van der Waals surface area contributed by atoms with Gasteiger partial charge in [-0.15, -0.1) is 0 Å². The highest BCUT2D eigenvalue weighted by Crippen LogP contribution is 2.56. The molecule has 5 fully saturated rings. The number of unbranched alkanes of at least 4 members (excludes halogenated alkanes) is 1. The molecule has 35 heavy (non-hydrogen) atoms. The van der Waals surface area contributed by atoms with Crippen molar-refractivity contribution in [1.29, 1.82) is 0 Å². The van der Waals surface area contributed by atoms with Gasteiger partial charge in [-0.1, -0.05) is 98.8 Å². The smallest absolute Gasteiger partial charge is 0.0324 e. The fourth-order valence-electron chi connectivity index (χ4n) is 10.2. The van der Waals surface area contributed by atoms with E-state index in [0.717, 1.165) is 65.1 Å². The van der Waals surface area contributed by atoms with Crippen molar-refractivity contribution >= 4 is 0 Å². The number of rotatable bonds is 6. The Morgan fingerprint density at radius 3 is 1.86 bits per heavy atom. The van der Waals surface area contributed by atoms with Crippen LogP contribution in [0.3, 0.4) is 0 Å². The molecule has 0 nitrogen and oxygen atoms in total. The van der Waals surface area contributed by atoms with Gasteiger partial charge in [0.15, 0.2) is 0 Å². The molecule has 0 spiro atoms. The maximum absolute atomic E-state index is 2.60. The van der Waals surface area contributed by atoms with Gasteiger partial charge >= 0.3 is 0 Å². The van der Waals surface area contributed by atoms with Crippen molar-refractivity contribution in [1.82, 2.24) is 0 Å². The van der Waals surface area contributed by atoms with Gasteiger partial charge < -0.3 is 0 Å². The number of hydrogen-bond acceptors (Lipinski definition) is 0. The van der Waals surface area contributed by atoms with Crippen LogP contribution < -0.4 is 0 Å². The molecule has 7 unspecified atom stereocenters. The van der Waals surface area contributed by atoms with Gasteiger partial charge in [0.2, 0.25) is 0 Å². The topological polar surface area (TPSA) is 0 Å². The second kappa shape index (κ2) is 13.7. The van der Waals surface area contributed by atoms with Gasteiger partial charge in [0.25, 0.3) is 0 Å². The van der Waals surface area contributed by atoms with Gasteiger partial charge in [-0.2, -0.15) is 0 Å². The Morgan fingerprint density at radius 1 is 0.571 bits per heavy atom. The number of hydrogen-bond donors (Lipinski definition) is 0. The summed E-state index contributed by atoms with van der Waals surface area (Å²) >= 11 is 0. The molecular weight excluding hydrogens is 420 g/mol. The summed E-state index contributed by atoms with van der Waals surface area (Å²) in [5.74, 6) is 11.9. The van der Waals surface area contributed by atoms with E-state index in [-0.39, 0.29) is 0 Å². The van der Waals surface area contributed by atoms with Gasteiger partial charge in [0.05, 0.1) is 0 Å². The molecule has 0 saturated heterocycles. The van der Waals surface area contributed by atoms with Crippen LogP contribution in [0.15, 0.2) is 0 Å². The second-order valence-corrected chi connectivity index (χ2v) is 14.8. The van der Waals surface area contributed by atoms with Crippen molar-refractivity contribution in [3.05, 3.63) is 0 Å². The van der Waals surface area contributed by atoms with E-state index >= 15 is 0 Å². The SMILES string of the molecule is CCC1CCC(C2CCC(C)C2)CC1.CCCCC1C(C)CC2CCCC2C1C1CCC(C)CC1. The Balaban J connectivity index is 0.000000179. The van der Waals surface area contributed by atoms with E-state index in [2.05, 4.69) is 34.6 Å². The average Bonchev–Trinajstić information content (AvgIpc) is 3.52. The van der Waals surface area contributed by atoms with Crippen molar-refractivity contribution in [2.45, 2.75) is 157 Å². The van der Waals surface area contributed by atoms with Crippen LogP contribution in [0.2, 0.25) is 0 Å². The molecule has 5 aliphatic rings. The first-order valence-electron chi connectivity index (χ1n) is 17.0. The van der Waals surface area contributed by atoms with Crippen molar-refractivity contribution in [2.24, 2.45) is 65.1 Å². The predicted octanol–water partition coefficient (Wildman–Crippen LogP) is 11.3. The molecule has 0 bridgehead atoms. The third-order valence-corrected chi connectivity index (χ3v) is 12.5. The first-order valence-corrected chi connectivity index (χ1v) is 17.0. The fourth-order valence-corrected chi connectivity index (χ4v) is 10.2. The Labute approximate surface area is 221 Å². The van der Waals surface area contributed by atoms with E-state index in [4.69, 9.17) is 0 Å². The minimum atomic E-state index is 1.01. The predicted molar refractivity (Wildman–Crippen MR) is 154 cm³/mol. The molecule has 0 aromatic carbocycles. The lowest BCUT2D eigenvalue weighted by Gasteiger charge is -2.49. The van der Waals surface area contributed by atoms with Crippen molar-refractivity contribution in [3.63, 3.8) is 0 Å². The summed E-state index contributed by atoms with van der Waals surface area (Å²) in [6, 6.07) is 0. The molecule has 0 heteroatoms. The average molecular weight is 485 g/mol. The number of fused-ring (bicyclic) bond motifs is 1. The lowest BCUT2D eigenvalue weighted by atomic mass is 9.56. The molecule has 5 saturated carbocycles. The quantitative estimate of drug-likeness (QED) is 0.351. The summed E-state index contributed by atoms with van der Waals surface area (Å²) in [4.78, 5) is 0. The monoisotopic (exact) mass is 485 g/mol. The lowest BCUT2D eigenvalue weighted by Crippen LogP contribution is -2.42. The third-order valence-electron chi connectivity index (χ3n) is 12.5. The minimum Gasteiger partial charge on any atom is -0.0654 e. The summed E-state index contributed by atoms with van der Waals surface area (Å²) in [5.41, 5.74) is 0. The first-order chi connectivity index (χ1) is 17.0. The Bertz CT molecular complexity index is 577. The standard InChI is InChI=1S/C21H38.C14H26/c1-4-5-8-19-16(3)14-18-7-6-9-20(18)21(19)17-12-10-15(2)11-13-17;1-3-12-5-8-13(9-6-12)14-7-4-11(2)10-14/h15-21H,4-14H2,1-3H3;11-14H,3-10H2,1-2H3. The molecule has 7 atom stereocenters. The second-order valence-electron chi connectivity index (χ2n) is 14.8. The van der Waals surface area contributed by atoms with Gasteiger partial charge in [-0.3, -0.25) is 0 Å². The van der Waals surface area contributed by atoms with Crippen molar-refractivity contribution < 1.29 is 0 Å². The summed E-state index contributed by atoms with van der Waals surface area (Å²) < 4.78 is 0. The maximum atomic E-state index is 2.60. The highest BCUT2D eigenvalue weighted by molar-refractivity contribution is 4.97. The zero-order valence-corrected chi connectivity index (χ0v) is 24.8. The largest absolute Gasteiger partial charge is 0.0654 e. The van der Waals surface area contributed by atoms with Crippen molar-refractivity contribution in [3.8, 4) is 0 Å². The van der Waals surface area contributed by atoms with Gasteiger partial charge in [-0.25, -0.2) is 0 Å². The molecule has 0 aromatic heterocycles. The van der Waals surface area contributed by atoms with Crippen LogP contribution in [0.25, 0.3) is 0 Å². The highest BCUT2D eigenvalue weighted by atomic mass is 14.5. The van der Waals surface area contributed by atoms with Crippen LogP contribution in [-0.2, 0) is 0 Å². The molecule has 5 aliphatic carbocycles. The zero-order chi connectivity index (χ0) is 24.8. The summed E-state index contributed by atoms with van der Waals surface area (Å²) in [6.07, 6.45) is 29.0. The molecule has 0 aromatic rings. The Morgan fingerprint density at radius 2 is 1.23 bits per heavy atom. The molecule has 5 rings (SSSR count). The summed E-state index contributed by atoms with van der Waals surface area (Å²) in [5, 5.41) is 0. The minimum absolute atomic E-state index is 1.01. The molecule has 0 radical (unpaired) electrons. The van der Waals surface area contributed by atoms with Crippen LogP contribution >= 0.6 is 0 Å². The van der Waals surface area contributed by atoms with E-state index in [1.54, 1.807) is 64.2 Å². The maximum Gasteiger partial charge on any atom is -0.0324 e. The van der Waals surface area contributed by atoms with E-state index in [1.165, 1.54) is 57.8 Å². The van der Waals surface area contributed by atoms with Crippen LogP contribution in [0.4, 0.5) is 0 Å². The fraction of sp³-hybridized carbons (Fsp3) is 1.00. The van der Waals surface area contributed by atoms with Crippen LogP contribution in [0, 0.1) is 65.1 Å². The van der Waals surface area contributed by atoms with Gasteiger partial charge in [0.1, 0.15) is 0 Å². The molecule has 204 valence electrons. The molecule has 0 N–H and O–H groups in total. The zero-order valence-electron chi connectivity index (χ0n) is 24.8. The molecule has 0 amide bonds. The Hall–Kier alpha value is 0. The van der Waals surface area contributed by atoms with Crippen LogP contribution in [0.5, 0.6) is 0 Å². The Kier molecular flexibility index (Phi) is 11.0. The van der Waals surface area contributed by atoms with Crippen LogP contribution in [0.1, 0.15) is 157 Å². The van der Waals surface area contributed by atoms with Crippen LogP contribution in [-0.4, -0.2) is 0 Å². The summed E-state index contributed by atoms with van der Waals surface area (Å²) in [6.45, 7) is 12.3. The normalized spacial score (nSPS) is 46.0. The highest BCUT2D eigenvalue weighted by Gasteiger charge is 2.47. The molecule has 0 heterocycles. The molecular formula is C35H64. The molecule has 0 aliphatic heterocycles. The van der Waals surface area contributed by atoms with E-state index in [9.17, 15) is 0 Å². The lowest BCUT2D eigenvalue weighted by molar-refractivity contribution is -0.00156. The van der Waals surface area contributed by atoms with E-state index in [0.29, 0.717) is 0 Å². The first kappa shape index (κ1) is 28.0. The van der Waals surface area contributed by atoms with Crippen molar-refractivity contribution in [2.75, 3.05) is 0 Å². The van der Waals surface area contributed by atoms with E-state index < -0.39 is 0 Å². The third kappa shape index (κ3) is 7.31. The van der Waals surface area contributed by atoms with E-state index in [1.807, 2.05) is 0 Å². The van der Waals surface area contributed by atoms with Gasteiger partial charge in [0, 0.05) is 0 Å².